The van der Waals surface area contributed by atoms with Crippen molar-refractivity contribution in [3.63, 3.8) is 0 Å². The van der Waals surface area contributed by atoms with Crippen LogP contribution in [0.2, 0.25) is 0 Å². The lowest BCUT2D eigenvalue weighted by Crippen LogP contribution is -1.91. The maximum Gasteiger partial charge on any atom is 0.417 e. The highest BCUT2D eigenvalue weighted by molar-refractivity contribution is 5.37. The van der Waals surface area contributed by atoms with Gasteiger partial charge in [-0.1, -0.05) is 71.1 Å². The molecule has 1 radical (unpaired) electrons. The van der Waals surface area contributed by atoms with Crippen LogP contribution in [0.5, 0.6) is 0 Å². The summed E-state index contributed by atoms with van der Waals surface area (Å²) in [5.74, 6) is 0. The Labute approximate surface area is 101 Å². The molecule has 0 aromatic carbocycles. The summed E-state index contributed by atoms with van der Waals surface area (Å²) in [7, 11) is 0. The van der Waals surface area contributed by atoms with Gasteiger partial charge in [0.15, 0.2) is 0 Å². The summed E-state index contributed by atoms with van der Waals surface area (Å²) in [5.41, 5.74) is 0. The van der Waals surface area contributed by atoms with Crippen LogP contribution in [0.3, 0.4) is 0 Å². The van der Waals surface area contributed by atoms with Crippen molar-refractivity contribution in [2.24, 2.45) is 0 Å². The lowest BCUT2D eigenvalue weighted by atomic mass is 10.1. The number of rotatable bonds is 13. The largest absolute Gasteiger partial charge is 0.457 e. The summed E-state index contributed by atoms with van der Waals surface area (Å²) < 4.78 is 4.51. The smallest absolute Gasteiger partial charge is 0.417 e. The topological polar surface area (TPSA) is 26.3 Å². The summed E-state index contributed by atoms with van der Waals surface area (Å²) in [5, 5.41) is 0. The van der Waals surface area contributed by atoms with E-state index in [2.05, 4.69) is 11.7 Å². The predicted octanol–water partition coefficient (Wildman–Crippen LogP) is 4.38. The molecule has 0 aliphatic carbocycles. The first-order chi connectivity index (χ1) is 7.91. The van der Waals surface area contributed by atoms with E-state index in [0.717, 1.165) is 6.42 Å². The maximum absolute atomic E-state index is 9.74. The van der Waals surface area contributed by atoms with Crippen LogP contribution < -0.4 is 0 Å². The van der Waals surface area contributed by atoms with Crippen LogP contribution in [0.1, 0.15) is 77.6 Å². The highest BCUT2D eigenvalue weighted by Crippen LogP contribution is 2.11. The van der Waals surface area contributed by atoms with Crippen LogP contribution in [-0.4, -0.2) is 13.1 Å². The Bertz CT molecular complexity index is 135. The Morgan fingerprint density at radius 2 is 1.19 bits per heavy atom. The van der Waals surface area contributed by atoms with E-state index in [-0.39, 0.29) is 0 Å². The molecule has 0 saturated heterocycles. The zero-order chi connectivity index (χ0) is 11.9. The van der Waals surface area contributed by atoms with Crippen molar-refractivity contribution in [1.29, 1.82) is 0 Å². The van der Waals surface area contributed by atoms with E-state index in [1.807, 2.05) is 0 Å². The number of hydrogen-bond donors (Lipinski definition) is 0. The summed E-state index contributed by atoms with van der Waals surface area (Å²) >= 11 is 0. The fourth-order valence-corrected chi connectivity index (χ4v) is 1.88. The Hall–Kier alpha value is -0.530. The third-order valence-corrected chi connectivity index (χ3v) is 2.91. The molecule has 0 spiro atoms. The van der Waals surface area contributed by atoms with Gasteiger partial charge in [0.05, 0.1) is 6.61 Å². The third kappa shape index (κ3) is 13.5. The van der Waals surface area contributed by atoms with Crippen LogP contribution in [-0.2, 0) is 9.53 Å². The SMILES string of the molecule is CCCCCCCCCCCCCO[C]=O. The average molecular weight is 227 g/mol. The van der Waals surface area contributed by atoms with E-state index in [1.165, 1.54) is 70.7 Å². The lowest BCUT2D eigenvalue weighted by molar-refractivity contribution is 0.268. The fourth-order valence-electron chi connectivity index (χ4n) is 1.88. The first-order valence-electron chi connectivity index (χ1n) is 6.90. The molecule has 0 heterocycles. The molecule has 16 heavy (non-hydrogen) atoms. The highest BCUT2D eigenvalue weighted by atomic mass is 16.5. The standard InChI is InChI=1S/C14H27O2/c1-2-3-4-5-6-7-8-9-10-11-12-13-16-14-15/h2-13H2,1H3. The predicted molar refractivity (Wildman–Crippen MR) is 68.1 cm³/mol. The highest BCUT2D eigenvalue weighted by Gasteiger charge is 1.93. The van der Waals surface area contributed by atoms with Gasteiger partial charge >= 0.3 is 6.47 Å². The van der Waals surface area contributed by atoms with E-state index in [0.29, 0.717) is 6.61 Å². The molecule has 0 rings (SSSR count). The Morgan fingerprint density at radius 3 is 1.62 bits per heavy atom. The Balaban J connectivity index is 2.85. The molecule has 2 nitrogen and oxygen atoms in total. The van der Waals surface area contributed by atoms with Gasteiger partial charge in [0, 0.05) is 0 Å². The minimum absolute atomic E-state index is 0.542. The molecule has 0 atom stereocenters. The average Bonchev–Trinajstić information content (AvgIpc) is 2.31. The van der Waals surface area contributed by atoms with Gasteiger partial charge in [-0.25, -0.2) is 4.79 Å². The van der Waals surface area contributed by atoms with Crippen LogP contribution >= 0.6 is 0 Å². The van der Waals surface area contributed by atoms with E-state index >= 15 is 0 Å². The van der Waals surface area contributed by atoms with Crippen LogP contribution in [0.25, 0.3) is 0 Å². The molecular formula is C14H27O2. The van der Waals surface area contributed by atoms with E-state index < -0.39 is 0 Å². The monoisotopic (exact) mass is 227 g/mol. The molecule has 0 saturated carbocycles. The van der Waals surface area contributed by atoms with Crippen molar-refractivity contribution in [2.45, 2.75) is 77.6 Å². The number of hydrogen-bond acceptors (Lipinski definition) is 2. The van der Waals surface area contributed by atoms with Crippen LogP contribution in [0.4, 0.5) is 0 Å². The Morgan fingerprint density at radius 1 is 0.750 bits per heavy atom. The van der Waals surface area contributed by atoms with Gasteiger partial charge < -0.3 is 4.74 Å². The zero-order valence-corrected chi connectivity index (χ0v) is 10.8. The minimum Gasteiger partial charge on any atom is -0.457 e. The molecule has 0 aliphatic heterocycles. The second-order valence-electron chi connectivity index (χ2n) is 4.47. The molecule has 0 amide bonds. The molecule has 0 bridgehead atoms. The third-order valence-electron chi connectivity index (χ3n) is 2.91. The molecule has 95 valence electrons. The molecule has 0 N–H and O–H groups in total. The van der Waals surface area contributed by atoms with Gasteiger partial charge in [0.2, 0.25) is 0 Å². The van der Waals surface area contributed by atoms with Gasteiger partial charge in [0.1, 0.15) is 0 Å². The van der Waals surface area contributed by atoms with Crippen molar-refractivity contribution in [2.75, 3.05) is 6.61 Å². The maximum atomic E-state index is 9.74. The fraction of sp³-hybridized carbons (Fsp3) is 0.929. The van der Waals surface area contributed by atoms with Crippen LogP contribution in [0, 0.1) is 0 Å². The molecular weight excluding hydrogens is 200 g/mol. The quantitative estimate of drug-likeness (QED) is 0.436. The first kappa shape index (κ1) is 15.5. The lowest BCUT2D eigenvalue weighted by Gasteiger charge is -2.01. The van der Waals surface area contributed by atoms with E-state index in [4.69, 9.17) is 0 Å². The van der Waals surface area contributed by atoms with Crippen LogP contribution in [0.15, 0.2) is 0 Å². The Kier molecular flexibility index (Phi) is 14.0. The first-order valence-corrected chi connectivity index (χ1v) is 6.90. The molecule has 0 fully saturated rings. The summed E-state index contributed by atoms with van der Waals surface area (Å²) in [4.78, 5) is 9.74. The summed E-state index contributed by atoms with van der Waals surface area (Å²) in [6, 6.07) is 0. The molecule has 0 unspecified atom stereocenters. The minimum atomic E-state index is 0.542. The second-order valence-corrected chi connectivity index (χ2v) is 4.47. The number of carbonyl (C=O) groups excluding carboxylic acids is 1. The number of ether oxygens (including phenoxy) is 1. The second kappa shape index (κ2) is 14.5. The zero-order valence-electron chi connectivity index (χ0n) is 10.8. The van der Waals surface area contributed by atoms with Gasteiger partial charge in [-0.15, -0.1) is 0 Å². The van der Waals surface area contributed by atoms with Gasteiger partial charge in [-0.05, 0) is 6.42 Å². The number of unbranched alkanes of at least 4 members (excludes halogenated alkanes) is 10. The van der Waals surface area contributed by atoms with Crippen molar-refractivity contribution in [3.8, 4) is 0 Å². The summed E-state index contributed by atoms with van der Waals surface area (Å²) in [6.45, 7) is 4.25. The molecule has 0 aromatic heterocycles. The van der Waals surface area contributed by atoms with E-state index in [1.54, 1.807) is 0 Å². The molecule has 2 heteroatoms. The molecule has 0 aromatic rings. The summed E-state index contributed by atoms with van der Waals surface area (Å²) in [6.07, 6.45) is 14.5. The van der Waals surface area contributed by atoms with Crippen molar-refractivity contribution >= 4 is 6.47 Å². The molecule has 0 aliphatic rings. The van der Waals surface area contributed by atoms with Crippen molar-refractivity contribution in [3.05, 3.63) is 0 Å². The van der Waals surface area contributed by atoms with E-state index in [9.17, 15) is 4.79 Å². The van der Waals surface area contributed by atoms with Crippen molar-refractivity contribution < 1.29 is 9.53 Å². The van der Waals surface area contributed by atoms with Gasteiger partial charge in [-0.3, -0.25) is 0 Å². The van der Waals surface area contributed by atoms with Gasteiger partial charge in [-0.2, -0.15) is 0 Å². The van der Waals surface area contributed by atoms with Crippen molar-refractivity contribution in [1.82, 2.24) is 0 Å². The van der Waals surface area contributed by atoms with Gasteiger partial charge in [0.25, 0.3) is 0 Å². The normalized spacial score (nSPS) is 10.3.